The van der Waals surface area contributed by atoms with E-state index in [4.69, 9.17) is 9.47 Å². The molecule has 0 spiro atoms. The summed E-state index contributed by atoms with van der Waals surface area (Å²) in [6, 6.07) is 12.7. The predicted molar refractivity (Wildman–Crippen MR) is 122 cm³/mol. The third-order valence-electron chi connectivity index (χ3n) is 5.58. The highest BCUT2D eigenvalue weighted by Crippen LogP contribution is 2.31. The molecule has 2 N–H and O–H groups in total. The molecule has 0 saturated heterocycles. The monoisotopic (exact) mass is 464 g/mol. The molecule has 32 heavy (non-hydrogen) atoms. The summed E-state index contributed by atoms with van der Waals surface area (Å²) in [5, 5.41) is 9.26. The normalized spacial score (nSPS) is 13.4. The van der Waals surface area contributed by atoms with Gasteiger partial charge in [0.25, 0.3) is 5.91 Å². The number of carbonyl (C=O) groups is 1. The summed E-state index contributed by atoms with van der Waals surface area (Å²) in [6.07, 6.45) is -0.131. The van der Waals surface area contributed by atoms with Gasteiger partial charge in [0.15, 0.2) is 14.6 Å². The number of sulfone groups is 1. The summed E-state index contributed by atoms with van der Waals surface area (Å²) in [6.45, 7) is 8.74. The van der Waals surface area contributed by atoms with Gasteiger partial charge in [0, 0.05) is 13.0 Å². The summed E-state index contributed by atoms with van der Waals surface area (Å²) in [5.74, 6) is 0.147. The molecule has 2 aromatic rings. The molecular formula is C23H32N2O6S. The number of hydrogen-bond acceptors (Lipinski definition) is 7. The molecule has 176 valence electrons. The molecule has 1 amide bonds. The minimum absolute atomic E-state index is 0.0410. The van der Waals surface area contributed by atoms with Gasteiger partial charge in [0.2, 0.25) is 0 Å². The van der Waals surface area contributed by atoms with Gasteiger partial charge in [-0.2, -0.15) is 0 Å². The van der Waals surface area contributed by atoms with Crippen LogP contribution in [0.3, 0.4) is 0 Å². The molecule has 0 aromatic heterocycles. The lowest BCUT2D eigenvalue weighted by atomic mass is 9.99. The van der Waals surface area contributed by atoms with E-state index in [-0.39, 0.29) is 11.3 Å². The number of likely N-dealkylation sites (N-methyl/N-ethyl adjacent to an activating group) is 1. The van der Waals surface area contributed by atoms with Crippen molar-refractivity contribution in [2.45, 2.75) is 36.8 Å². The van der Waals surface area contributed by atoms with Gasteiger partial charge in [0.1, 0.15) is 18.1 Å². The third kappa shape index (κ3) is 5.79. The molecule has 9 heteroatoms. The quantitative estimate of drug-likeness (QED) is 0.368. The molecule has 8 nitrogen and oxygen atoms in total. The highest BCUT2D eigenvalue weighted by atomic mass is 32.2. The Balaban J connectivity index is 2.22. The summed E-state index contributed by atoms with van der Waals surface area (Å²) in [5.41, 5.74) is 2.13. The number of nitrogens with zero attached hydrogens (tertiary/aromatic N) is 1. The average molecular weight is 465 g/mol. The molecular weight excluding hydrogens is 432 g/mol. The van der Waals surface area contributed by atoms with Crippen LogP contribution in [0.5, 0.6) is 11.5 Å². The second-order valence-electron chi connectivity index (χ2n) is 7.55. The lowest BCUT2D eigenvalue weighted by molar-refractivity contribution is -0.131. The van der Waals surface area contributed by atoms with Crippen LogP contribution in [0.15, 0.2) is 53.4 Å². The SMILES string of the molecule is CCN(CC)CCOc1ccc(C[C@@](C)(C(=O)NO)S(=O)(=O)c2ccc(OC)cc2)cc1. The number of hydrogen-bond donors (Lipinski definition) is 2. The first-order chi connectivity index (χ1) is 15.2. The van der Waals surface area contributed by atoms with Gasteiger partial charge in [-0.15, -0.1) is 0 Å². The molecule has 0 unspecified atom stereocenters. The first-order valence-corrected chi connectivity index (χ1v) is 12.0. The fourth-order valence-electron chi connectivity index (χ4n) is 3.36. The number of ether oxygens (including phenoxy) is 2. The highest BCUT2D eigenvalue weighted by molar-refractivity contribution is 7.93. The van der Waals surface area contributed by atoms with Crippen LogP contribution in [-0.4, -0.2) is 62.5 Å². The van der Waals surface area contributed by atoms with E-state index in [1.165, 1.54) is 43.8 Å². The van der Waals surface area contributed by atoms with Crippen molar-refractivity contribution in [3.63, 3.8) is 0 Å². The Kier molecular flexibility index (Phi) is 9.06. The Bertz CT molecular complexity index is 973. The van der Waals surface area contributed by atoms with Gasteiger partial charge in [-0.05, 0) is 62.0 Å². The van der Waals surface area contributed by atoms with Crippen LogP contribution in [-0.2, 0) is 21.1 Å². The maximum Gasteiger partial charge on any atom is 0.265 e. The van der Waals surface area contributed by atoms with Crippen LogP contribution < -0.4 is 15.0 Å². The zero-order valence-corrected chi connectivity index (χ0v) is 19.8. The van der Waals surface area contributed by atoms with Gasteiger partial charge in [-0.1, -0.05) is 26.0 Å². The Morgan fingerprint density at radius 2 is 1.59 bits per heavy atom. The number of carbonyl (C=O) groups excluding carboxylic acids is 1. The zero-order valence-electron chi connectivity index (χ0n) is 19.0. The van der Waals surface area contributed by atoms with E-state index in [1.54, 1.807) is 24.3 Å². The molecule has 0 radical (unpaired) electrons. The van der Waals surface area contributed by atoms with Gasteiger partial charge in [-0.25, -0.2) is 13.9 Å². The number of rotatable bonds is 12. The Hall–Kier alpha value is -2.62. The fourth-order valence-corrected chi connectivity index (χ4v) is 5.02. The first kappa shape index (κ1) is 25.6. The second-order valence-corrected chi connectivity index (χ2v) is 9.93. The lowest BCUT2D eigenvalue weighted by Crippen LogP contribution is -2.51. The van der Waals surface area contributed by atoms with Crippen molar-refractivity contribution in [3.05, 3.63) is 54.1 Å². The highest BCUT2D eigenvalue weighted by Gasteiger charge is 2.47. The van der Waals surface area contributed by atoms with Crippen LogP contribution in [0.4, 0.5) is 0 Å². The first-order valence-electron chi connectivity index (χ1n) is 10.5. The predicted octanol–water partition coefficient (Wildman–Crippen LogP) is 2.70. The van der Waals surface area contributed by atoms with Crippen molar-refractivity contribution >= 4 is 15.7 Å². The van der Waals surface area contributed by atoms with Crippen LogP contribution in [0.1, 0.15) is 26.3 Å². The zero-order chi connectivity index (χ0) is 23.8. The third-order valence-corrected chi connectivity index (χ3v) is 7.99. The molecule has 0 fully saturated rings. The second kappa shape index (κ2) is 11.3. The van der Waals surface area contributed by atoms with Crippen molar-refractivity contribution in [2.75, 3.05) is 33.4 Å². The molecule has 1 atom stereocenters. The van der Waals surface area contributed by atoms with Crippen molar-refractivity contribution in [3.8, 4) is 11.5 Å². The summed E-state index contributed by atoms with van der Waals surface area (Å²) in [7, 11) is -2.66. The molecule has 0 aliphatic carbocycles. The molecule has 2 rings (SSSR count). The molecule has 0 aliphatic heterocycles. The van der Waals surface area contributed by atoms with Crippen molar-refractivity contribution in [1.29, 1.82) is 0 Å². The Morgan fingerprint density at radius 1 is 1.03 bits per heavy atom. The number of hydroxylamine groups is 1. The topological polar surface area (TPSA) is 105 Å². The number of amides is 1. The van der Waals surface area contributed by atoms with Crippen LogP contribution in [0.25, 0.3) is 0 Å². The fraction of sp³-hybridized carbons (Fsp3) is 0.435. The van der Waals surface area contributed by atoms with E-state index in [1.807, 2.05) is 0 Å². The van der Waals surface area contributed by atoms with Crippen molar-refractivity contribution in [2.24, 2.45) is 0 Å². The Morgan fingerprint density at radius 3 is 2.09 bits per heavy atom. The molecule has 0 bridgehead atoms. The maximum atomic E-state index is 13.3. The van der Waals surface area contributed by atoms with Gasteiger partial charge >= 0.3 is 0 Å². The van der Waals surface area contributed by atoms with Crippen LogP contribution in [0, 0.1) is 0 Å². The number of methoxy groups -OCH3 is 1. The van der Waals surface area contributed by atoms with E-state index in [2.05, 4.69) is 18.7 Å². The standard InChI is InChI=1S/C23H32N2O6S/c1-5-25(6-2)15-16-31-20-9-7-18(8-10-20)17-23(3,22(26)24-27)32(28,29)21-13-11-19(30-4)12-14-21/h7-14,27H,5-6,15-17H2,1-4H3,(H,24,26)/t23-/m0/s1. The summed E-state index contributed by atoms with van der Waals surface area (Å²) < 4.78 is 35.6. The van der Waals surface area contributed by atoms with Crippen molar-refractivity contribution < 1.29 is 27.9 Å². The average Bonchev–Trinajstić information content (AvgIpc) is 2.82. The smallest absolute Gasteiger partial charge is 0.265 e. The molecule has 0 saturated carbocycles. The number of benzene rings is 2. The van der Waals surface area contributed by atoms with E-state index >= 15 is 0 Å². The van der Waals surface area contributed by atoms with Crippen molar-refractivity contribution in [1.82, 2.24) is 10.4 Å². The van der Waals surface area contributed by atoms with E-state index < -0.39 is 20.5 Å². The molecule has 2 aromatic carbocycles. The molecule has 0 aliphatic rings. The number of nitrogens with one attached hydrogen (secondary N) is 1. The summed E-state index contributed by atoms with van der Waals surface area (Å²) in [4.78, 5) is 14.7. The summed E-state index contributed by atoms with van der Waals surface area (Å²) >= 11 is 0. The van der Waals surface area contributed by atoms with Gasteiger partial charge in [-0.3, -0.25) is 10.0 Å². The minimum Gasteiger partial charge on any atom is -0.497 e. The lowest BCUT2D eigenvalue weighted by Gasteiger charge is -2.27. The van der Waals surface area contributed by atoms with Gasteiger partial charge in [0.05, 0.1) is 12.0 Å². The van der Waals surface area contributed by atoms with Crippen LogP contribution >= 0.6 is 0 Å². The molecule has 0 heterocycles. The van der Waals surface area contributed by atoms with Gasteiger partial charge < -0.3 is 14.4 Å². The van der Waals surface area contributed by atoms with E-state index in [0.717, 1.165) is 19.6 Å². The van der Waals surface area contributed by atoms with E-state index in [9.17, 15) is 18.4 Å². The Labute approximate surface area is 190 Å². The minimum atomic E-state index is -4.14. The largest absolute Gasteiger partial charge is 0.497 e. The van der Waals surface area contributed by atoms with Crippen LogP contribution in [0.2, 0.25) is 0 Å². The van der Waals surface area contributed by atoms with E-state index in [0.29, 0.717) is 23.7 Å². The maximum absolute atomic E-state index is 13.3.